The first-order valence-electron chi connectivity index (χ1n) is 6.22. The molecule has 1 nitrogen and oxygen atoms in total. The highest BCUT2D eigenvalue weighted by molar-refractivity contribution is 9.10. The molecular weight excluding hydrogens is 262 g/mol. The smallest absolute Gasteiger partial charge is 0.0175 e. The Balaban J connectivity index is 1.59. The summed E-state index contributed by atoms with van der Waals surface area (Å²) in [5.41, 5.74) is 7.69. The van der Waals surface area contributed by atoms with Gasteiger partial charge in [0.15, 0.2) is 0 Å². The van der Waals surface area contributed by atoms with Crippen molar-refractivity contribution in [3.63, 3.8) is 0 Å². The topological polar surface area (TPSA) is 26.0 Å². The van der Waals surface area contributed by atoms with Crippen molar-refractivity contribution in [2.24, 2.45) is 23.5 Å². The molecule has 0 radical (unpaired) electrons. The number of hydrogen-bond donors (Lipinski definition) is 1. The molecule has 0 spiro atoms. The Morgan fingerprint density at radius 1 is 1.12 bits per heavy atom. The van der Waals surface area contributed by atoms with Gasteiger partial charge in [-0.3, -0.25) is 0 Å². The van der Waals surface area contributed by atoms with E-state index in [2.05, 4.69) is 40.2 Å². The summed E-state index contributed by atoms with van der Waals surface area (Å²) in [4.78, 5) is 0. The van der Waals surface area contributed by atoms with Crippen molar-refractivity contribution < 1.29 is 0 Å². The molecule has 86 valence electrons. The van der Waals surface area contributed by atoms with Gasteiger partial charge in [0.05, 0.1) is 0 Å². The van der Waals surface area contributed by atoms with E-state index in [0.29, 0.717) is 6.04 Å². The fourth-order valence-electron chi connectivity index (χ4n) is 3.17. The van der Waals surface area contributed by atoms with E-state index in [1.165, 1.54) is 24.8 Å². The fraction of sp³-hybridized carbons (Fsp3) is 0.571. The zero-order valence-corrected chi connectivity index (χ0v) is 11.0. The van der Waals surface area contributed by atoms with E-state index in [9.17, 15) is 0 Å². The van der Waals surface area contributed by atoms with E-state index in [1.54, 1.807) is 0 Å². The summed E-state index contributed by atoms with van der Waals surface area (Å²) in [5.74, 6) is 2.87. The average Bonchev–Trinajstić information content (AvgIpc) is 2.89. The van der Waals surface area contributed by atoms with Crippen LogP contribution in [-0.4, -0.2) is 6.04 Å². The fourth-order valence-corrected chi connectivity index (χ4v) is 3.43. The highest BCUT2D eigenvalue weighted by Gasteiger charge is 2.47. The number of benzene rings is 1. The van der Waals surface area contributed by atoms with E-state index >= 15 is 0 Å². The third-order valence-electron chi connectivity index (χ3n) is 4.27. The van der Waals surface area contributed by atoms with Crippen molar-refractivity contribution in [1.29, 1.82) is 0 Å². The van der Waals surface area contributed by atoms with Gasteiger partial charge in [0, 0.05) is 10.5 Å². The zero-order chi connectivity index (χ0) is 11.1. The van der Waals surface area contributed by atoms with E-state index in [4.69, 9.17) is 5.73 Å². The maximum atomic E-state index is 6.32. The van der Waals surface area contributed by atoms with E-state index in [0.717, 1.165) is 28.6 Å². The van der Waals surface area contributed by atoms with Crippen molar-refractivity contribution in [1.82, 2.24) is 0 Å². The van der Waals surface area contributed by atoms with Crippen LogP contribution in [0, 0.1) is 17.8 Å². The highest BCUT2D eigenvalue weighted by atomic mass is 79.9. The van der Waals surface area contributed by atoms with Gasteiger partial charge in [-0.05, 0) is 61.1 Å². The Labute approximate surface area is 106 Å². The van der Waals surface area contributed by atoms with Crippen molar-refractivity contribution in [2.75, 3.05) is 0 Å². The lowest BCUT2D eigenvalue weighted by Crippen LogP contribution is -2.31. The summed E-state index contributed by atoms with van der Waals surface area (Å²) in [6.07, 6.45) is 5.31. The lowest BCUT2D eigenvalue weighted by Gasteiger charge is -2.20. The third-order valence-corrected chi connectivity index (χ3v) is 4.80. The van der Waals surface area contributed by atoms with Gasteiger partial charge in [0.25, 0.3) is 0 Å². The van der Waals surface area contributed by atoms with Gasteiger partial charge >= 0.3 is 0 Å². The molecule has 0 amide bonds. The number of hydrogen-bond acceptors (Lipinski definition) is 1. The molecule has 0 aromatic heterocycles. The van der Waals surface area contributed by atoms with Crippen molar-refractivity contribution in [3.05, 3.63) is 34.3 Å². The van der Waals surface area contributed by atoms with Crippen molar-refractivity contribution in [3.8, 4) is 0 Å². The number of halogens is 1. The van der Waals surface area contributed by atoms with Gasteiger partial charge in [-0.25, -0.2) is 0 Å². The highest BCUT2D eigenvalue weighted by Crippen LogP contribution is 2.55. The molecule has 2 aliphatic carbocycles. The molecule has 0 bridgehead atoms. The van der Waals surface area contributed by atoms with Gasteiger partial charge in [-0.2, -0.15) is 0 Å². The van der Waals surface area contributed by atoms with Crippen LogP contribution in [0.25, 0.3) is 0 Å². The molecule has 3 unspecified atom stereocenters. The number of fused-ring (bicyclic) bond motifs is 1. The average molecular weight is 280 g/mol. The number of rotatable bonds is 3. The standard InChI is InChI=1S/C14H18BrN/c15-13-3-1-9(2-4-13)5-14(16)12-7-10-6-11(10)8-12/h1-4,10-12,14H,5-8,16H2. The van der Waals surface area contributed by atoms with Gasteiger partial charge in [0.2, 0.25) is 0 Å². The van der Waals surface area contributed by atoms with Crippen LogP contribution in [0.1, 0.15) is 24.8 Å². The molecule has 16 heavy (non-hydrogen) atoms. The molecule has 2 aliphatic rings. The Kier molecular flexibility index (Phi) is 2.80. The summed E-state index contributed by atoms with van der Waals surface area (Å²) >= 11 is 3.46. The second kappa shape index (κ2) is 4.15. The molecule has 0 heterocycles. The minimum Gasteiger partial charge on any atom is -0.327 e. The first-order valence-corrected chi connectivity index (χ1v) is 7.01. The second-order valence-electron chi connectivity index (χ2n) is 5.48. The zero-order valence-electron chi connectivity index (χ0n) is 9.40. The first kappa shape index (κ1) is 10.8. The Morgan fingerprint density at radius 3 is 2.38 bits per heavy atom. The summed E-state index contributed by atoms with van der Waals surface area (Å²) in [6, 6.07) is 8.94. The van der Waals surface area contributed by atoms with Crippen molar-refractivity contribution >= 4 is 15.9 Å². The van der Waals surface area contributed by atoms with E-state index in [-0.39, 0.29) is 0 Å². The normalized spacial score (nSPS) is 33.5. The van der Waals surface area contributed by atoms with Crippen LogP contribution in [0.5, 0.6) is 0 Å². The molecule has 3 rings (SSSR count). The van der Waals surface area contributed by atoms with E-state index in [1.807, 2.05) is 0 Å². The van der Waals surface area contributed by atoms with Gasteiger partial charge in [-0.1, -0.05) is 28.1 Å². The third kappa shape index (κ3) is 2.18. The monoisotopic (exact) mass is 279 g/mol. The Bertz CT molecular complexity index is 363. The van der Waals surface area contributed by atoms with Crippen LogP contribution < -0.4 is 5.73 Å². The van der Waals surface area contributed by atoms with Crippen LogP contribution in [0.15, 0.2) is 28.7 Å². The molecule has 3 atom stereocenters. The Morgan fingerprint density at radius 2 is 1.75 bits per heavy atom. The lowest BCUT2D eigenvalue weighted by atomic mass is 9.90. The predicted molar refractivity (Wildman–Crippen MR) is 70.1 cm³/mol. The molecule has 0 aliphatic heterocycles. The molecule has 2 N–H and O–H groups in total. The van der Waals surface area contributed by atoms with Gasteiger partial charge < -0.3 is 5.73 Å². The maximum absolute atomic E-state index is 6.32. The first-order chi connectivity index (χ1) is 7.72. The van der Waals surface area contributed by atoms with Gasteiger partial charge in [-0.15, -0.1) is 0 Å². The minimum atomic E-state index is 0.369. The van der Waals surface area contributed by atoms with Crippen LogP contribution in [-0.2, 0) is 6.42 Å². The van der Waals surface area contributed by atoms with Crippen LogP contribution >= 0.6 is 15.9 Å². The lowest BCUT2D eigenvalue weighted by molar-refractivity contribution is 0.392. The van der Waals surface area contributed by atoms with E-state index < -0.39 is 0 Å². The van der Waals surface area contributed by atoms with Crippen LogP contribution in [0.2, 0.25) is 0 Å². The molecule has 1 aromatic carbocycles. The van der Waals surface area contributed by atoms with Crippen molar-refractivity contribution in [2.45, 2.75) is 31.7 Å². The maximum Gasteiger partial charge on any atom is 0.0175 e. The quantitative estimate of drug-likeness (QED) is 0.902. The Hall–Kier alpha value is -0.340. The van der Waals surface area contributed by atoms with Crippen LogP contribution in [0.4, 0.5) is 0 Å². The van der Waals surface area contributed by atoms with Crippen LogP contribution in [0.3, 0.4) is 0 Å². The molecule has 1 aromatic rings. The largest absolute Gasteiger partial charge is 0.327 e. The molecule has 0 saturated heterocycles. The minimum absolute atomic E-state index is 0.369. The summed E-state index contributed by atoms with van der Waals surface area (Å²) in [7, 11) is 0. The summed E-state index contributed by atoms with van der Waals surface area (Å²) < 4.78 is 1.15. The molecule has 2 fully saturated rings. The SMILES string of the molecule is NC(Cc1ccc(Br)cc1)C1CC2CC2C1. The van der Waals surface area contributed by atoms with Gasteiger partial charge in [0.1, 0.15) is 0 Å². The number of nitrogens with two attached hydrogens (primary N) is 1. The summed E-state index contributed by atoms with van der Waals surface area (Å²) in [6.45, 7) is 0. The second-order valence-corrected chi connectivity index (χ2v) is 6.40. The predicted octanol–water partition coefficient (Wildman–Crippen LogP) is 3.37. The summed E-state index contributed by atoms with van der Waals surface area (Å²) in [5, 5.41) is 0. The molecular formula is C14H18BrN. The molecule has 2 saturated carbocycles. The molecule has 2 heteroatoms.